The molecule has 1 aromatic heterocycles. The van der Waals surface area contributed by atoms with E-state index in [1.54, 1.807) is 0 Å². The maximum atomic E-state index is 6.20. The van der Waals surface area contributed by atoms with Gasteiger partial charge in [0.1, 0.15) is 0 Å². The molecule has 1 fully saturated rings. The summed E-state index contributed by atoms with van der Waals surface area (Å²) in [6, 6.07) is 8.42. The molecule has 1 heterocycles. The predicted octanol–water partition coefficient (Wildman–Crippen LogP) is 3.57. The van der Waals surface area contributed by atoms with E-state index < -0.39 is 0 Å². The lowest BCUT2D eigenvalue weighted by Gasteiger charge is -2.30. The van der Waals surface area contributed by atoms with Crippen LogP contribution in [0.4, 0.5) is 5.69 Å². The van der Waals surface area contributed by atoms with Crippen molar-refractivity contribution in [3.63, 3.8) is 0 Å². The fraction of sp³-hybridized carbons (Fsp3) is 0.400. The summed E-state index contributed by atoms with van der Waals surface area (Å²) in [4.78, 5) is 4.36. The van der Waals surface area contributed by atoms with Crippen LogP contribution in [0.25, 0.3) is 10.9 Å². The van der Waals surface area contributed by atoms with Crippen LogP contribution in [-0.2, 0) is 0 Å². The first-order valence-corrected chi connectivity index (χ1v) is 7.18. The van der Waals surface area contributed by atoms with E-state index in [2.05, 4.69) is 10.3 Å². The third-order valence-corrected chi connectivity index (χ3v) is 4.10. The molecule has 2 aromatic rings. The van der Waals surface area contributed by atoms with Crippen molar-refractivity contribution >= 4 is 28.2 Å². The second-order valence-electron chi connectivity index (χ2n) is 5.22. The molecular weight excluding hydrogens is 258 g/mol. The third-order valence-electron chi connectivity index (χ3n) is 3.87. The molecule has 19 heavy (non-hydrogen) atoms. The zero-order chi connectivity index (χ0) is 13.2. The Kier molecular flexibility index (Phi) is 3.58. The molecule has 1 aromatic carbocycles. The number of fused-ring (bicyclic) bond motifs is 1. The van der Waals surface area contributed by atoms with Crippen LogP contribution in [0.2, 0.25) is 5.02 Å². The highest BCUT2D eigenvalue weighted by molar-refractivity contribution is 6.31. The van der Waals surface area contributed by atoms with Crippen molar-refractivity contribution in [2.75, 3.05) is 5.32 Å². The zero-order valence-electron chi connectivity index (χ0n) is 10.8. The summed E-state index contributed by atoms with van der Waals surface area (Å²) < 4.78 is 0. The molecule has 3 nitrogen and oxygen atoms in total. The molecule has 0 aliphatic heterocycles. The molecule has 0 spiro atoms. The fourth-order valence-electron chi connectivity index (χ4n) is 2.79. The molecule has 0 unspecified atom stereocenters. The van der Waals surface area contributed by atoms with E-state index in [0.717, 1.165) is 29.4 Å². The molecule has 2 atom stereocenters. The number of benzene rings is 1. The molecule has 0 radical (unpaired) electrons. The summed E-state index contributed by atoms with van der Waals surface area (Å²) in [5.74, 6) is 0. The Labute approximate surface area is 118 Å². The quantitative estimate of drug-likeness (QED) is 0.881. The molecule has 1 aliphatic carbocycles. The number of nitrogens with two attached hydrogens (primary N) is 1. The molecule has 1 aliphatic rings. The van der Waals surface area contributed by atoms with Gasteiger partial charge in [-0.2, -0.15) is 0 Å². The summed E-state index contributed by atoms with van der Waals surface area (Å²) in [6.07, 6.45) is 6.55. The molecule has 0 bridgehead atoms. The molecule has 100 valence electrons. The van der Waals surface area contributed by atoms with Crippen molar-refractivity contribution in [2.45, 2.75) is 37.8 Å². The minimum absolute atomic E-state index is 0.240. The van der Waals surface area contributed by atoms with Gasteiger partial charge < -0.3 is 11.1 Å². The van der Waals surface area contributed by atoms with Crippen LogP contribution >= 0.6 is 11.6 Å². The Morgan fingerprint density at radius 3 is 2.89 bits per heavy atom. The Bertz CT molecular complexity index is 585. The number of aromatic nitrogens is 1. The summed E-state index contributed by atoms with van der Waals surface area (Å²) in [5.41, 5.74) is 8.22. The highest BCUT2D eigenvalue weighted by atomic mass is 35.5. The average Bonchev–Trinajstić information content (AvgIpc) is 2.41. The van der Waals surface area contributed by atoms with Gasteiger partial charge in [0, 0.05) is 34.4 Å². The first-order chi connectivity index (χ1) is 9.24. The molecule has 0 amide bonds. The van der Waals surface area contributed by atoms with Crippen molar-refractivity contribution in [3.05, 3.63) is 35.5 Å². The molecule has 4 heteroatoms. The summed E-state index contributed by atoms with van der Waals surface area (Å²) in [5, 5.41) is 5.40. The van der Waals surface area contributed by atoms with Gasteiger partial charge in [0.2, 0.25) is 0 Å². The number of anilines is 1. The van der Waals surface area contributed by atoms with Gasteiger partial charge in [-0.1, -0.05) is 24.4 Å². The number of pyridine rings is 1. The normalized spacial score (nSPS) is 23.5. The van der Waals surface area contributed by atoms with Gasteiger partial charge in [-0.05, 0) is 37.1 Å². The smallest absolute Gasteiger partial charge is 0.0737 e. The van der Waals surface area contributed by atoms with E-state index in [9.17, 15) is 0 Å². The van der Waals surface area contributed by atoms with Crippen molar-refractivity contribution in [1.29, 1.82) is 0 Å². The van der Waals surface area contributed by atoms with E-state index in [0.29, 0.717) is 11.1 Å². The highest BCUT2D eigenvalue weighted by Gasteiger charge is 2.21. The van der Waals surface area contributed by atoms with Gasteiger partial charge in [-0.15, -0.1) is 0 Å². The predicted molar refractivity (Wildman–Crippen MR) is 80.6 cm³/mol. The van der Waals surface area contributed by atoms with Gasteiger partial charge in [0.15, 0.2) is 0 Å². The van der Waals surface area contributed by atoms with E-state index in [1.807, 2.05) is 30.5 Å². The Balaban J connectivity index is 1.92. The average molecular weight is 276 g/mol. The monoisotopic (exact) mass is 275 g/mol. The topological polar surface area (TPSA) is 50.9 Å². The van der Waals surface area contributed by atoms with E-state index in [1.165, 1.54) is 12.8 Å². The highest BCUT2D eigenvalue weighted by Crippen LogP contribution is 2.27. The number of nitrogens with one attached hydrogen (secondary N) is 1. The lowest BCUT2D eigenvalue weighted by Crippen LogP contribution is -2.42. The van der Waals surface area contributed by atoms with E-state index in [4.69, 9.17) is 17.3 Å². The first-order valence-electron chi connectivity index (χ1n) is 6.80. The standard InChI is InChI=1S/C15H18ClN3/c16-10-5-6-11-13(7-8-18-15(11)9-10)19-14-4-2-1-3-12(14)17/h5-9,12,14H,1-4,17H2,(H,18,19)/t12-,14+/m1/s1. The van der Waals surface area contributed by atoms with Crippen LogP contribution in [0, 0.1) is 0 Å². The second-order valence-corrected chi connectivity index (χ2v) is 5.66. The molecular formula is C15H18ClN3. The SMILES string of the molecule is N[C@@H]1CCCC[C@@H]1Nc1ccnc2cc(Cl)ccc12. The van der Waals surface area contributed by atoms with Crippen LogP contribution < -0.4 is 11.1 Å². The summed E-state index contributed by atoms with van der Waals surface area (Å²) in [6.45, 7) is 0. The van der Waals surface area contributed by atoms with Gasteiger partial charge in [-0.25, -0.2) is 0 Å². The Morgan fingerprint density at radius 2 is 2.05 bits per heavy atom. The van der Waals surface area contributed by atoms with Crippen molar-refractivity contribution in [3.8, 4) is 0 Å². The van der Waals surface area contributed by atoms with E-state index in [-0.39, 0.29) is 6.04 Å². The van der Waals surface area contributed by atoms with Crippen LogP contribution in [0.1, 0.15) is 25.7 Å². The van der Waals surface area contributed by atoms with Gasteiger partial charge in [0.25, 0.3) is 0 Å². The number of halogens is 1. The van der Waals surface area contributed by atoms with Crippen molar-refractivity contribution in [2.24, 2.45) is 5.73 Å². The van der Waals surface area contributed by atoms with Gasteiger partial charge in [-0.3, -0.25) is 4.98 Å². The number of rotatable bonds is 2. The lowest BCUT2D eigenvalue weighted by atomic mass is 9.91. The number of nitrogens with zero attached hydrogens (tertiary/aromatic N) is 1. The molecule has 0 saturated heterocycles. The fourth-order valence-corrected chi connectivity index (χ4v) is 2.95. The minimum Gasteiger partial charge on any atom is -0.380 e. The van der Waals surface area contributed by atoms with Crippen molar-refractivity contribution < 1.29 is 0 Å². The van der Waals surface area contributed by atoms with Gasteiger partial charge in [0.05, 0.1) is 5.52 Å². The maximum absolute atomic E-state index is 6.20. The van der Waals surface area contributed by atoms with E-state index >= 15 is 0 Å². The van der Waals surface area contributed by atoms with Crippen LogP contribution in [0.15, 0.2) is 30.5 Å². The summed E-state index contributed by atoms with van der Waals surface area (Å²) in [7, 11) is 0. The minimum atomic E-state index is 0.240. The Morgan fingerprint density at radius 1 is 1.21 bits per heavy atom. The van der Waals surface area contributed by atoms with Gasteiger partial charge >= 0.3 is 0 Å². The van der Waals surface area contributed by atoms with Crippen LogP contribution in [0.5, 0.6) is 0 Å². The number of hydrogen-bond acceptors (Lipinski definition) is 3. The molecule has 3 rings (SSSR count). The Hall–Kier alpha value is -1.32. The van der Waals surface area contributed by atoms with Crippen LogP contribution in [0.3, 0.4) is 0 Å². The first kappa shape index (κ1) is 12.7. The lowest BCUT2D eigenvalue weighted by molar-refractivity contribution is 0.404. The van der Waals surface area contributed by atoms with Crippen molar-refractivity contribution in [1.82, 2.24) is 4.98 Å². The number of hydrogen-bond donors (Lipinski definition) is 2. The zero-order valence-corrected chi connectivity index (χ0v) is 11.5. The second kappa shape index (κ2) is 5.35. The summed E-state index contributed by atoms with van der Waals surface area (Å²) >= 11 is 6.01. The maximum Gasteiger partial charge on any atom is 0.0737 e. The molecule has 1 saturated carbocycles. The third kappa shape index (κ3) is 2.67. The van der Waals surface area contributed by atoms with Crippen LogP contribution in [-0.4, -0.2) is 17.1 Å². The largest absolute Gasteiger partial charge is 0.380 e. The molecule has 3 N–H and O–H groups in total.